The molecule has 3 aromatic rings. The maximum atomic E-state index is 10.5. The molecule has 4 N–H and O–H groups in total. The fraction of sp³-hybridized carbons (Fsp3) is 0.300. The number of nitrogens with one attached hydrogen (secondary N) is 1. The van der Waals surface area contributed by atoms with E-state index >= 15 is 0 Å². The van der Waals surface area contributed by atoms with E-state index in [1.165, 1.54) is 0 Å². The predicted octanol–water partition coefficient (Wildman–Crippen LogP) is 3.74. The number of benzene rings is 2. The Balaban J connectivity index is 1.78. The number of aromatic nitrogens is 2. The third-order valence-corrected chi connectivity index (χ3v) is 5.40. The van der Waals surface area contributed by atoms with Crippen LogP contribution in [-0.2, 0) is 0 Å². The first-order chi connectivity index (χ1) is 13.0. The van der Waals surface area contributed by atoms with Crippen LogP contribution in [0.4, 0.5) is 11.5 Å². The van der Waals surface area contributed by atoms with Gasteiger partial charge in [0.05, 0.1) is 10.7 Å². The fourth-order valence-electron chi connectivity index (χ4n) is 3.66. The molecular formula is C20H22ClN5O. The second-order valence-corrected chi connectivity index (χ2v) is 7.45. The monoisotopic (exact) mass is 383 g/mol. The molecule has 1 saturated heterocycles. The van der Waals surface area contributed by atoms with Gasteiger partial charge in [0, 0.05) is 28.9 Å². The average Bonchev–Trinajstić information content (AvgIpc) is 2.67. The van der Waals surface area contributed by atoms with E-state index in [-0.39, 0.29) is 11.4 Å². The van der Waals surface area contributed by atoms with E-state index in [2.05, 4.69) is 27.5 Å². The molecule has 0 saturated carbocycles. The Kier molecular flexibility index (Phi) is 4.76. The molecule has 1 fully saturated rings. The van der Waals surface area contributed by atoms with Crippen molar-refractivity contribution in [1.29, 1.82) is 0 Å². The number of halogens is 1. The summed E-state index contributed by atoms with van der Waals surface area (Å²) in [4.78, 5) is 2.32. The van der Waals surface area contributed by atoms with Crippen LogP contribution in [0.15, 0.2) is 36.4 Å². The number of piperidine rings is 1. The van der Waals surface area contributed by atoms with Gasteiger partial charge in [-0.15, -0.1) is 10.2 Å². The van der Waals surface area contributed by atoms with Crippen molar-refractivity contribution in [3.8, 4) is 17.0 Å². The van der Waals surface area contributed by atoms with Crippen LogP contribution in [-0.4, -0.2) is 46.4 Å². The summed E-state index contributed by atoms with van der Waals surface area (Å²) in [6, 6.07) is 11.6. The van der Waals surface area contributed by atoms with Gasteiger partial charge in [-0.25, -0.2) is 0 Å². The number of fused-ring (bicyclic) bond motifs is 1. The van der Waals surface area contributed by atoms with Gasteiger partial charge < -0.3 is 21.1 Å². The molecule has 1 aromatic heterocycles. The number of nitrogen functional groups attached to an aromatic ring is 1. The number of rotatable bonds is 3. The molecule has 1 aliphatic rings. The lowest BCUT2D eigenvalue weighted by molar-refractivity contribution is 0.261. The van der Waals surface area contributed by atoms with Gasteiger partial charge in [0.2, 0.25) is 0 Å². The highest BCUT2D eigenvalue weighted by Gasteiger charge is 2.20. The first-order valence-electron chi connectivity index (χ1n) is 9.02. The van der Waals surface area contributed by atoms with Crippen molar-refractivity contribution in [2.45, 2.75) is 18.9 Å². The van der Waals surface area contributed by atoms with Gasteiger partial charge in [0.25, 0.3) is 0 Å². The van der Waals surface area contributed by atoms with Crippen LogP contribution >= 0.6 is 11.6 Å². The Hall–Kier alpha value is -2.57. The average molecular weight is 384 g/mol. The van der Waals surface area contributed by atoms with Crippen molar-refractivity contribution in [2.24, 2.45) is 0 Å². The van der Waals surface area contributed by atoms with Crippen molar-refractivity contribution < 1.29 is 5.11 Å². The van der Waals surface area contributed by atoms with E-state index in [1.54, 1.807) is 12.1 Å². The normalized spacial score (nSPS) is 17.9. The maximum absolute atomic E-state index is 10.5. The van der Waals surface area contributed by atoms with Crippen LogP contribution in [0.25, 0.3) is 22.0 Å². The Morgan fingerprint density at radius 2 is 1.96 bits per heavy atom. The van der Waals surface area contributed by atoms with Crippen molar-refractivity contribution in [1.82, 2.24) is 15.1 Å². The standard InChI is InChI=1S/C20H22ClN5O/c1-26-10-4-5-12(11-26)23-20-14-7-3-2-6-13(14)18(24-25-20)15-8-9-16(21)17(22)19(15)27/h2-3,6-9,12,27H,4-5,10-11,22H2,1H3,(H,23,25)/t12-/m1/s1. The fourth-order valence-corrected chi connectivity index (χ4v) is 3.81. The third-order valence-electron chi connectivity index (χ3n) is 5.07. The summed E-state index contributed by atoms with van der Waals surface area (Å²) >= 11 is 6.00. The molecule has 2 aromatic carbocycles. The number of phenolic OH excluding ortho intramolecular Hbond substituents is 1. The first-order valence-corrected chi connectivity index (χ1v) is 9.40. The summed E-state index contributed by atoms with van der Waals surface area (Å²) in [6.07, 6.45) is 2.27. The number of hydrogen-bond donors (Lipinski definition) is 3. The molecule has 1 atom stereocenters. The number of phenols is 1. The molecule has 140 valence electrons. The van der Waals surface area contributed by atoms with Crippen molar-refractivity contribution in [2.75, 3.05) is 31.2 Å². The number of nitrogens with two attached hydrogens (primary N) is 1. The number of nitrogens with zero attached hydrogens (tertiary/aromatic N) is 3. The summed E-state index contributed by atoms with van der Waals surface area (Å²) in [5, 5.41) is 25.0. The smallest absolute Gasteiger partial charge is 0.156 e. The van der Waals surface area contributed by atoms with Gasteiger partial charge in [-0.2, -0.15) is 0 Å². The summed E-state index contributed by atoms with van der Waals surface area (Å²) in [5.41, 5.74) is 7.13. The van der Waals surface area contributed by atoms with Crippen LogP contribution in [0.3, 0.4) is 0 Å². The molecule has 0 radical (unpaired) electrons. The highest BCUT2D eigenvalue weighted by atomic mass is 35.5. The minimum atomic E-state index is -0.0726. The van der Waals surface area contributed by atoms with Crippen LogP contribution in [0.2, 0.25) is 5.02 Å². The van der Waals surface area contributed by atoms with Gasteiger partial charge in [-0.1, -0.05) is 35.9 Å². The molecule has 7 heteroatoms. The second kappa shape index (κ2) is 7.21. The lowest BCUT2D eigenvalue weighted by atomic mass is 10.0. The Morgan fingerprint density at radius 1 is 1.19 bits per heavy atom. The Morgan fingerprint density at radius 3 is 2.74 bits per heavy atom. The van der Waals surface area contributed by atoms with E-state index in [0.29, 0.717) is 22.3 Å². The molecule has 0 bridgehead atoms. The zero-order valence-electron chi connectivity index (χ0n) is 15.1. The molecule has 4 rings (SSSR count). The lowest BCUT2D eigenvalue weighted by Crippen LogP contribution is -2.40. The van der Waals surface area contributed by atoms with Gasteiger partial charge in [0.1, 0.15) is 11.4 Å². The van der Waals surface area contributed by atoms with Gasteiger partial charge in [0.15, 0.2) is 5.82 Å². The van der Waals surface area contributed by atoms with Gasteiger partial charge >= 0.3 is 0 Å². The van der Waals surface area contributed by atoms with Gasteiger partial charge in [-0.3, -0.25) is 0 Å². The van der Waals surface area contributed by atoms with Crippen LogP contribution in [0, 0.1) is 0 Å². The Labute approximate surface area is 163 Å². The first kappa shape index (κ1) is 17.8. The molecule has 0 spiro atoms. The van der Waals surface area contributed by atoms with E-state index in [1.807, 2.05) is 24.3 Å². The number of aromatic hydroxyl groups is 1. The maximum Gasteiger partial charge on any atom is 0.156 e. The number of hydrogen-bond acceptors (Lipinski definition) is 6. The summed E-state index contributed by atoms with van der Waals surface area (Å²) in [6.45, 7) is 2.10. The molecule has 6 nitrogen and oxygen atoms in total. The van der Waals surface area contributed by atoms with E-state index < -0.39 is 0 Å². The zero-order chi connectivity index (χ0) is 19.0. The SMILES string of the molecule is CN1CCC[C@@H](Nc2nnc(-c3ccc(Cl)c(N)c3O)c3ccccc23)C1. The summed E-state index contributed by atoms with van der Waals surface area (Å²) in [5.74, 6) is 0.688. The quantitative estimate of drug-likeness (QED) is 0.471. The molecule has 0 aliphatic carbocycles. The summed E-state index contributed by atoms with van der Waals surface area (Å²) in [7, 11) is 2.13. The van der Waals surface area contributed by atoms with E-state index in [4.69, 9.17) is 17.3 Å². The number of likely N-dealkylation sites (tertiary alicyclic amines) is 1. The van der Waals surface area contributed by atoms with Crippen molar-refractivity contribution in [3.63, 3.8) is 0 Å². The topological polar surface area (TPSA) is 87.3 Å². The molecule has 0 unspecified atom stereocenters. The van der Waals surface area contributed by atoms with Crippen LogP contribution < -0.4 is 11.1 Å². The van der Waals surface area contributed by atoms with E-state index in [0.717, 1.165) is 42.5 Å². The molecule has 0 amide bonds. The molecule has 27 heavy (non-hydrogen) atoms. The number of likely N-dealkylation sites (N-methyl/N-ethyl adjacent to an activating group) is 1. The van der Waals surface area contributed by atoms with Crippen molar-refractivity contribution >= 4 is 33.9 Å². The minimum absolute atomic E-state index is 0.0726. The lowest BCUT2D eigenvalue weighted by Gasteiger charge is -2.30. The van der Waals surface area contributed by atoms with Crippen LogP contribution in [0.1, 0.15) is 12.8 Å². The molecule has 2 heterocycles. The number of anilines is 2. The highest BCUT2D eigenvalue weighted by molar-refractivity contribution is 6.33. The van der Waals surface area contributed by atoms with E-state index in [9.17, 15) is 5.11 Å². The zero-order valence-corrected chi connectivity index (χ0v) is 15.9. The molecule has 1 aliphatic heterocycles. The Bertz CT molecular complexity index is 994. The highest BCUT2D eigenvalue weighted by Crippen LogP contribution is 2.40. The third kappa shape index (κ3) is 3.38. The van der Waals surface area contributed by atoms with Gasteiger partial charge in [-0.05, 0) is 38.6 Å². The molecular weight excluding hydrogens is 362 g/mol. The van der Waals surface area contributed by atoms with Crippen LogP contribution in [0.5, 0.6) is 5.75 Å². The minimum Gasteiger partial charge on any atom is -0.505 e. The predicted molar refractivity (Wildman–Crippen MR) is 110 cm³/mol. The second-order valence-electron chi connectivity index (χ2n) is 7.05. The summed E-state index contributed by atoms with van der Waals surface area (Å²) < 4.78 is 0. The van der Waals surface area contributed by atoms with Crippen molar-refractivity contribution in [3.05, 3.63) is 41.4 Å². The largest absolute Gasteiger partial charge is 0.505 e.